The molecule has 3 aliphatic rings. The number of ether oxygens (including phenoxy) is 3. The number of nitrogens with zero attached hydrogens (tertiary/aromatic N) is 7. The van der Waals surface area contributed by atoms with Crippen molar-refractivity contribution in [1.29, 1.82) is 0 Å². The van der Waals surface area contributed by atoms with Crippen LogP contribution in [0.15, 0.2) is 23.8 Å². The molecular weight excluding hydrogens is 681 g/mol. The van der Waals surface area contributed by atoms with Crippen LogP contribution in [0.3, 0.4) is 0 Å². The van der Waals surface area contributed by atoms with Gasteiger partial charge < -0.3 is 40.2 Å². The molecule has 0 saturated carbocycles. The van der Waals surface area contributed by atoms with E-state index in [2.05, 4.69) is 42.2 Å². The molecule has 7 heterocycles. The van der Waals surface area contributed by atoms with Crippen LogP contribution in [-0.4, -0.2) is 105 Å². The number of hydrogen-bond donors (Lipinski definition) is 6. The fourth-order valence-electron chi connectivity index (χ4n) is 5.76. The Labute approximate surface area is 261 Å². The van der Waals surface area contributed by atoms with Gasteiger partial charge in [0, 0.05) is 0 Å². The molecule has 4 aromatic heterocycles. The van der Waals surface area contributed by atoms with E-state index in [1.54, 1.807) is 0 Å². The lowest BCUT2D eigenvalue weighted by Crippen LogP contribution is -2.45. The number of nitrogens with one attached hydrogen (secondary N) is 1. The van der Waals surface area contributed by atoms with Crippen molar-refractivity contribution in [3.05, 3.63) is 29.3 Å². The number of halogens is 1. The molecule has 4 aromatic rings. The van der Waals surface area contributed by atoms with Crippen LogP contribution in [0.5, 0.6) is 0 Å². The van der Waals surface area contributed by atoms with Crippen molar-refractivity contribution in [2.75, 3.05) is 31.3 Å². The summed E-state index contributed by atoms with van der Waals surface area (Å²) in [5, 5.41) is 11.2. The predicted octanol–water partition coefficient (Wildman–Crippen LogP) is -0.323. The third-order valence-corrected chi connectivity index (χ3v) is 11.5. The normalized spacial score (nSPS) is 32.9. The number of anilines is 2. The van der Waals surface area contributed by atoms with Crippen LogP contribution < -0.4 is 17.0 Å². The largest absolute Gasteiger partial charge is 0.582 e. The summed E-state index contributed by atoms with van der Waals surface area (Å²) in [6.07, 6.45) is -4.06. The summed E-state index contributed by atoms with van der Waals surface area (Å²) in [7, 11) is -2.42. The molecule has 2 bridgehead atoms. The van der Waals surface area contributed by atoms with Crippen LogP contribution in [0, 0.1) is 0 Å². The van der Waals surface area contributed by atoms with Gasteiger partial charge in [0.25, 0.3) is 5.56 Å². The molecule has 7 N–H and O–H groups in total. The second-order valence-electron chi connectivity index (χ2n) is 10.5. The average Bonchev–Trinajstić information content (AvgIpc) is 3.79. The van der Waals surface area contributed by atoms with Gasteiger partial charge in [0.1, 0.15) is 66.4 Å². The Morgan fingerprint density at radius 3 is 2.71 bits per heavy atom. The van der Waals surface area contributed by atoms with Crippen molar-refractivity contribution < 1.29 is 42.2 Å². The quantitative estimate of drug-likeness (QED) is 0.0962. The molecule has 0 aromatic carbocycles. The molecule has 7 rings (SSSR count). The molecule has 45 heavy (non-hydrogen) atoms. The first kappa shape index (κ1) is 30.9. The SMILES string of the molecule is Nc1nc2c(ncn2[C@@H]2O[C@H](CO[P+](=O)S)[C@H](F)[C@H]2P(O)(=S)OC[C@@]23CO[C@@H]([C@H](n4cnc5c(N)ncnc54)O2)[C@@H]3O)c(=O)[nH]1. The zero-order chi connectivity index (χ0) is 31.8. The molecule has 3 saturated heterocycles. The van der Waals surface area contributed by atoms with Gasteiger partial charge in [0.15, 0.2) is 41.6 Å². The van der Waals surface area contributed by atoms with E-state index in [0.717, 1.165) is 6.33 Å². The van der Waals surface area contributed by atoms with Crippen molar-refractivity contribution >= 4 is 71.9 Å². The maximum Gasteiger partial charge on any atom is 0.582 e. The van der Waals surface area contributed by atoms with Crippen molar-refractivity contribution in [2.45, 2.75) is 48.2 Å². The van der Waals surface area contributed by atoms with Crippen molar-refractivity contribution in [3.63, 3.8) is 0 Å². The highest BCUT2D eigenvalue weighted by Crippen LogP contribution is 2.60. The average molecular weight is 706 g/mol. The van der Waals surface area contributed by atoms with Gasteiger partial charge in [0.05, 0.1) is 25.9 Å². The highest BCUT2D eigenvalue weighted by atomic mass is 32.7. The predicted molar refractivity (Wildman–Crippen MR) is 158 cm³/mol. The lowest BCUT2D eigenvalue weighted by atomic mass is 10.0. The molecule has 19 nitrogen and oxygen atoms in total. The monoisotopic (exact) mass is 705 g/mol. The molecule has 0 spiro atoms. The second kappa shape index (κ2) is 11.2. The number of rotatable bonds is 9. The number of aromatic amines is 1. The molecule has 240 valence electrons. The molecular formula is C21H24FN10O9P2S2+. The van der Waals surface area contributed by atoms with Crippen LogP contribution in [0.1, 0.15) is 12.5 Å². The van der Waals surface area contributed by atoms with Gasteiger partial charge >= 0.3 is 7.23 Å². The van der Waals surface area contributed by atoms with Gasteiger partial charge in [0.2, 0.25) is 5.95 Å². The molecule has 10 atom stereocenters. The second-order valence-corrected chi connectivity index (χ2v) is 15.8. The van der Waals surface area contributed by atoms with E-state index in [4.69, 9.17) is 46.5 Å². The standard InChI is InChI=1S/C21H23FN10O9P2S2/c22-8-7(1-38-42(35)44)40-19(32-6-28-10-16(32)29-20(24)30-17(10)34)12(8)43(36,45)39-3-21-2-37-11(13(21)33)18(41-21)31-5-27-9-14(23)25-4-26-15(9)31/h4-8,11-13,18-19,33H,1-3H2,(H6-,23,24,25,26,29,30,34,35,36,44,45)/p+1/t7-,8+,11-,12-,13+,18-,19-,21-,43?/m1/s1. The van der Waals surface area contributed by atoms with Crippen molar-refractivity contribution in [1.82, 2.24) is 39.0 Å². The minimum Gasteiger partial charge on any atom is -0.387 e. The number of nitrogen functional groups attached to an aromatic ring is 2. The number of aromatic nitrogens is 8. The Kier molecular flexibility index (Phi) is 7.68. The minimum atomic E-state index is -4.23. The summed E-state index contributed by atoms with van der Waals surface area (Å²) >= 11 is 9.18. The van der Waals surface area contributed by atoms with Crippen LogP contribution >= 0.6 is 26.0 Å². The summed E-state index contributed by atoms with van der Waals surface area (Å²) in [5.41, 5.74) is 8.30. The van der Waals surface area contributed by atoms with Crippen LogP contribution in [0.2, 0.25) is 0 Å². The van der Waals surface area contributed by atoms with Gasteiger partial charge in [-0.3, -0.25) is 18.9 Å². The molecule has 0 aliphatic carbocycles. The zero-order valence-electron chi connectivity index (χ0n) is 22.6. The molecule has 24 heteroatoms. The molecule has 3 fully saturated rings. The summed E-state index contributed by atoms with van der Waals surface area (Å²) < 4.78 is 59.1. The molecule has 0 amide bonds. The number of nitrogens with two attached hydrogens (primary N) is 2. The van der Waals surface area contributed by atoms with Crippen LogP contribution in [-0.2, 0) is 39.6 Å². The Morgan fingerprint density at radius 2 is 1.96 bits per heavy atom. The first-order valence-electron chi connectivity index (χ1n) is 13.1. The van der Waals surface area contributed by atoms with E-state index in [-0.39, 0.29) is 29.5 Å². The van der Waals surface area contributed by atoms with E-state index in [1.165, 1.54) is 21.8 Å². The lowest BCUT2D eigenvalue weighted by molar-refractivity contribution is -0.182. The third kappa shape index (κ3) is 5.04. The Hall–Kier alpha value is -2.75. The number of H-pyrrole nitrogens is 1. The van der Waals surface area contributed by atoms with Crippen LogP contribution in [0.4, 0.5) is 16.2 Å². The number of hydrogen-bond acceptors (Lipinski definition) is 16. The number of aliphatic hydroxyl groups is 1. The minimum absolute atomic E-state index is 0.0738. The summed E-state index contributed by atoms with van der Waals surface area (Å²) in [5.74, 6) is -0.0986. The number of imidazole rings is 2. The maximum absolute atomic E-state index is 16.1. The smallest absolute Gasteiger partial charge is 0.387 e. The Bertz CT molecular complexity index is 1930. The van der Waals surface area contributed by atoms with E-state index < -0.39 is 80.7 Å². The molecule has 3 aliphatic heterocycles. The first-order chi connectivity index (χ1) is 21.4. The van der Waals surface area contributed by atoms with Crippen LogP contribution in [0.25, 0.3) is 22.3 Å². The number of fused-ring (bicyclic) bond motifs is 4. The molecule has 2 unspecified atom stereocenters. The lowest BCUT2D eigenvalue weighted by Gasteiger charge is -2.34. The van der Waals surface area contributed by atoms with Gasteiger partial charge in [-0.2, -0.15) is 4.98 Å². The zero-order valence-corrected chi connectivity index (χ0v) is 26.1. The van der Waals surface area contributed by atoms with Gasteiger partial charge in [-0.1, -0.05) is 0 Å². The number of alkyl halides is 1. The van der Waals surface area contributed by atoms with Gasteiger partial charge in [-0.05, 0) is 16.4 Å². The fourth-order valence-corrected chi connectivity index (χ4v) is 8.72. The topological polar surface area (TPSA) is 263 Å². The van der Waals surface area contributed by atoms with E-state index in [0.29, 0.717) is 11.2 Å². The van der Waals surface area contributed by atoms with E-state index in [9.17, 15) is 19.4 Å². The maximum atomic E-state index is 16.1. The summed E-state index contributed by atoms with van der Waals surface area (Å²) in [6.45, 7) is -5.39. The fraction of sp³-hybridized carbons (Fsp3) is 0.524. The first-order valence-corrected chi connectivity index (χ1v) is 18.2. The number of thiol groups is 1. The van der Waals surface area contributed by atoms with Gasteiger partial charge in [-0.25, -0.2) is 24.3 Å². The summed E-state index contributed by atoms with van der Waals surface area (Å²) in [6, 6.07) is 0. The molecule has 0 radical (unpaired) electrons. The highest BCUT2D eigenvalue weighted by Gasteiger charge is 2.63. The van der Waals surface area contributed by atoms with E-state index >= 15 is 4.39 Å². The highest BCUT2D eigenvalue weighted by molar-refractivity contribution is 8.39. The third-order valence-electron chi connectivity index (χ3n) is 7.90. The number of aliphatic hydroxyl groups excluding tert-OH is 1. The van der Waals surface area contributed by atoms with Gasteiger partial charge in [-0.15, -0.1) is 4.52 Å². The van der Waals surface area contributed by atoms with Crippen molar-refractivity contribution in [3.8, 4) is 0 Å². The van der Waals surface area contributed by atoms with E-state index in [1.807, 2.05) is 0 Å². The van der Waals surface area contributed by atoms with Crippen molar-refractivity contribution in [2.24, 2.45) is 0 Å². The Morgan fingerprint density at radius 1 is 1.22 bits per heavy atom. The summed E-state index contributed by atoms with van der Waals surface area (Å²) in [4.78, 5) is 46.8. The Balaban J connectivity index is 1.18.